The maximum Gasteiger partial charge on any atom is 0.238 e. The quantitative estimate of drug-likeness (QED) is 0.355. The molecule has 2 N–H and O–H groups in total. The van der Waals surface area contributed by atoms with E-state index in [1.165, 1.54) is 12.1 Å². The number of primary sulfonamides is 1. The fourth-order valence-electron chi connectivity index (χ4n) is 4.99. The molecule has 188 valence electrons. The third-order valence-electron chi connectivity index (χ3n) is 6.81. The van der Waals surface area contributed by atoms with Crippen molar-refractivity contribution in [3.05, 3.63) is 65.3 Å². The molecule has 5 nitrogen and oxygen atoms in total. The Morgan fingerprint density at radius 3 is 2.29 bits per heavy atom. The molecule has 1 fully saturated rings. The van der Waals surface area contributed by atoms with Gasteiger partial charge < -0.3 is 0 Å². The minimum Gasteiger partial charge on any atom is -0.240 e. The van der Waals surface area contributed by atoms with Crippen LogP contribution in [-0.2, 0) is 14.9 Å². The van der Waals surface area contributed by atoms with Gasteiger partial charge in [-0.2, -0.15) is 5.10 Å². The first-order valence-corrected chi connectivity index (χ1v) is 14.0. The summed E-state index contributed by atoms with van der Waals surface area (Å²) < 4.78 is 41.8. The molecule has 0 amide bonds. The predicted molar refractivity (Wildman–Crippen MR) is 140 cm³/mol. The van der Waals surface area contributed by atoms with Gasteiger partial charge in [0.1, 0.15) is 4.87 Å². The fourth-order valence-corrected chi connectivity index (χ4v) is 7.13. The molecule has 1 heterocycles. The Kier molecular flexibility index (Phi) is 7.05. The maximum atomic E-state index is 16.8. The van der Waals surface area contributed by atoms with Crippen molar-refractivity contribution in [2.45, 2.75) is 54.4 Å². The molecule has 3 aromatic rings. The van der Waals surface area contributed by atoms with E-state index in [2.05, 4.69) is 0 Å². The Bertz CT molecular complexity index is 1330. The third-order valence-corrected chi connectivity index (χ3v) is 9.12. The Balaban J connectivity index is 1.93. The maximum absolute atomic E-state index is 16.8. The van der Waals surface area contributed by atoms with E-state index >= 15 is 4.39 Å². The van der Waals surface area contributed by atoms with Crippen molar-refractivity contribution in [3.8, 4) is 16.9 Å². The number of hydrogen-bond donors (Lipinski definition) is 1. The van der Waals surface area contributed by atoms with E-state index in [1.807, 2.05) is 19.1 Å². The highest BCUT2D eigenvalue weighted by molar-refractivity contribution is 7.89. The van der Waals surface area contributed by atoms with Gasteiger partial charge in [-0.1, -0.05) is 44.5 Å². The van der Waals surface area contributed by atoms with Gasteiger partial charge in [-0.3, -0.25) is 0 Å². The highest BCUT2D eigenvalue weighted by Crippen LogP contribution is 2.58. The summed E-state index contributed by atoms with van der Waals surface area (Å²) in [5.41, 5.74) is 0.457. The molecule has 1 aliphatic rings. The van der Waals surface area contributed by atoms with E-state index in [4.69, 9.17) is 45.0 Å². The molecule has 1 saturated carbocycles. The summed E-state index contributed by atoms with van der Waals surface area (Å²) in [6, 6.07) is 14.9. The van der Waals surface area contributed by atoms with E-state index in [0.717, 1.165) is 5.56 Å². The predicted octanol–water partition coefficient (Wildman–Crippen LogP) is 6.68. The number of benzene rings is 2. The Hall–Kier alpha value is -1.64. The lowest BCUT2D eigenvalue weighted by Gasteiger charge is -2.50. The van der Waals surface area contributed by atoms with Crippen LogP contribution in [0.1, 0.15) is 39.3 Å². The summed E-state index contributed by atoms with van der Waals surface area (Å²) >= 11 is 19.9. The van der Waals surface area contributed by atoms with Crippen LogP contribution < -0.4 is 5.14 Å². The lowest BCUT2D eigenvalue weighted by atomic mass is 9.65. The molecule has 0 bridgehead atoms. The molecule has 1 aliphatic carbocycles. The van der Waals surface area contributed by atoms with Gasteiger partial charge in [0.05, 0.1) is 27.3 Å². The highest BCUT2D eigenvalue weighted by atomic mass is 35.5. The van der Waals surface area contributed by atoms with Gasteiger partial charge in [0.15, 0.2) is 5.67 Å². The topological polar surface area (TPSA) is 78.0 Å². The largest absolute Gasteiger partial charge is 0.240 e. The Morgan fingerprint density at radius 1 is 1.14 bits per heavy atom. The van der Waals surface area contributed by atoms with Gasteiger partial charge in [-0.05, 0) is 67.1 Å². The van der Waals surface area contributed by atoms with Crippen LogP contribution in [0.5, 0.6) is 0 Å². The van der Waals surface area contributed by atoms with Gasteiger partial charge in [-0.25, -0.2) is 22.6 Å². The molecule has 1 aromatic heterocycles. The number of aromatic nitrogens is 2. The molecule has 0 aliphatic heterocycles. The van der Waals surface area contributed by atoms with E-state index in [1.54, 1.807) is 48.9 Å². The van der Waals surface area contributed by atoms with Crippen molar-refractivity contribution < 1.29 is 12.8 Å². The monoisotopic (exact) mass is 557 g/mol. The summed E-state index contributed by atoms with van der Waals surface area (Å²) in [7, 11) is -3.86. The third kappa shape index (κ3) is 4.62. The molecular formula is C25H27Cl3FN3O2S. The molecule has 0 spiro atoms. The standard InChI is InChI=1S/C25H27Cl3FN3O2S/c1-15(2)25(29)22(27)12-16(3)14-24(25,28)23-13-21(17-4-6-18(26)7-5-17)32(31-23)19-8-10-20(11-9-19)35(30,33)34/h4-11,13,15-16,22H,12,14H2,1-3H3,(H2,30,33,34). The second-order valence-corrected chi connectivity index (χ2v) is 12.8. The average molecular weight is 559 g/mol. The summed E-state index contributed by atoms with van der Waals surface area (Å²) in [6.07, 6.45) is 0.887. The molecule has 2 aromatic carbocycles. The minimum absolute atomic E-state index is 0.0239. The summed E-state index contributed by atoms with van der Waals surface area (Å²) in [5, 5.41) is 9.83. The van der Waals surface area contributed by atoms with E-state index in [-0.39, 0.29) is 10.8 Å². The van der Waals surface area contributed by atoms with Gasteiger partial charge in [0, 0.05) is 10.6 Å². The second-order valence-electron chi connectivity index (χ2n) is 9.61. The van der Waals surface area contributed by atoms with Crippen LogP contribution in [0.15, 0.2) is 59.5 Å². The van der Waals surface area contributed by atoms with Crippen LogP contribution in [0, 0.1) is 11.8 Å². The highest BCUT2D eigenvalue weighted by Gasteiger charge is 2.62. The number of hydrogen-bond acceptors (Lipinski definition) is 3. The van der Waals surface area contributed by atoms with E-state index < -0.39 is 31.9 Å². The first-order valence-electron chi connectivity index (χ1n) is 11.3. The zero-order chi connectivity index (χ0) is 25.8. The number of nitrogens with two attached hydrogens (primary N) is 1. The summed E-state index contributed by atoms with van der Waals surface area (Å²) in [4.78, 5) is -1.48. The molecule has 4 rings (SSSR count). The Labute approximate surface area is 220 Å². The van der Waals surface area contributed by atoms with Crippen LogP contribution in [0.25, 0.3) is 16.9 Å². The van der Waals surface area contributed by atoms with Crippen molar-refractivity contribution in [1.82, 2.24) is 9.78 Å². The lowest BCUT2D eigenvalue weighted by Crippen LogP contribution is -2.58. The Morgan fingerprint density at radius 2 is 1.74 bits per heavy atom. The molecule has 4 unspecified atom stereocenters. The smallest absolute Gasteiger partial charge is 0.238 e. The molecular weight excluding hydrogens is 532 g/mol. The second kappa shape index (κ2) is 9.34. The molecule has 4 atom stereocenters. The van der Waals surface area contributed by atoms with Crippen LogP contribution in [0.3, 0.4) is 0 Å². The zero-order valence-electron chi connectivity index (χ0n) is 19.6. The molecule has 0 radical (unpaired) electrons. The lowest BCUT2D eigenvalue weighted by molar-refractivity contribution is -0.00293. The molecule has 10 heteroatoms. The number of alkyl halides is 3. The fraction of sp³-hybridized carbons (Fsp3) is 0.400. The van der Waals surface area contributed by atoms with Crippen LogP contribution in [0.2, 0.25) is 5.02 Å². The molecule has 35 heavy (non-hydrogen) atoms. The first-order chi connectivity index (χ1) is 16.3. The van der Waals surface area contributed by atoms with Gasteiger partial charge in [-0.15, -0.1) is 23.2 Å². The molecule has 0 saturated heterocycles. The van der Waals surface area contributed by atoms with Crippen LogP contribution in [0.4, 0.5) is 4.39 Å². The summed E-state index contributed by atoms with van der Waals surface area (Å²) in [5.74, 6) is -0.357. The van der Waals surface area contributed by atoms with Gasteiger partial charge in [0.2, 0.25) is 10.0 Å². The number of halogens is 4. The van der Waals surface area contributed by atoms with Crippen molar-refractivity contribution in [2.75, 3.05) is 0 Å². The minimum atomic E-state index is -3.86. The summed E-state index contributed by atoms with van der Waals surface area (Å²) in [6.45, 7) is 5.58. The van der Waals surface area contributed by atoms with Crippen LogP contribution >= 0.6 is 34.8 Å². The zero-order valence-corrected chi connectivity index (χ0v) is 22.6. The van der Waals surface area contributed by atoms with Crippen LogP contribution in [-0.4, -0.2) is 29.2 Å². The average Bonchev–Trinajstić information content (AvgIpc) is 3.23. The number of rotatable bonds is 5. The SMILES string of the molecule is CC1CC(Cl)C(F)(C(C)C)C(Cl)(c2cc(-c3ccc(Cl)cc3)n(-c3ccc(S(N)(=O)=O)cc3)n2)C1. The van der Waals surface area contributed by atoms with Crippen molar-refractivity contribution in [2.24, 2.45) is 17.0 Å². The first kappa shape index (κ1) is 26.4. The van der Waals surface area contributed by atoms with E-state index in [9.17, 15) is 8.42 Å². The number of sulfonamides is 1. The van der Waals surface area contributed by atoms with Gasteiger partial charge in [0.25, 0.3) is 0 Å². The van der Waals surface area contributed by atoms with Crippen molar-refractivity contribution in [3.63, 3.8) is 0 Å². The van der Waals surface area contributed by atoms with Crippen molar-refractivity contribution in [1.29, 1.82) is 0 Å². The van der Waals surface area contributed by atoms with Crippen molar-refractivity contribution >= 4 is 44.8 Å². The normalized spacial score (nSPS) is 27.3. The van der Waals surface area contributed by atoms with Gasteiger partial charge >= 0.3 is 0 Å². The number of nitrogens with zero attached hydrogens (tertiary/aromatic N) is 2. The van der Waals surface area contributed by atoms with E-state index in [0.29, 0.717) is 34.9 Å².